The Balaban J connectivity index is 2.44. The van der Waals surface area contributed by atoms with Crippen LogP contribution in [0.4, 0.5) is 0 Å². The first-order chi connectivity index (χ1) is 12.4. The number of esters is 2. The molecule has 0 radical (unpaired) electrons. The van der Waals surface area contributed by atoms with Crippen LogP contribution in [0, 0.1) is 11.8 Å². The molecule has 2 unspecified atom stereocenters. The zero-order valence-electron chi connectivity index (χ0n) is 15.7. The van der Waals surface area contributed by atoms with Gasteiger partial charge in [0.2, 0.25) is 0 Å². The summed E-state index contributed by atoms with van der Waals surface area (Å²) in [5.41, 5.74) is 0.553. The molecule has 2 atom stereocenters. The normalized spacial score (nSPS) is 12.6. The maximum Gasteiger partial charge on any atom is 0.309 e. The summed E-state index contributed by atoms with van der Waals surface area (Å²) in [6, 6.07) is 6.84. The molecular weight excluding hydrogens is 338 g/mol. The summed E-state index contributed by atoms with van der Waals surface area (Å²) >= 11 is 0. The Morgan fingerprint density at radius 3 is 2.23 bits per heavy atom. The molecule has 0 aromatic heterocycles. The van der Waals surface area contributed by atoms with E-state index in [2.05, 4.69) is 10.1 Å². The number of hydrogen-bond acceptors (Lipinski definition) is 6. The predicted molar refractivity (Wildman–Crippen MR) is 95.9 cm³/mol. The smallest absolute Gasteiger partial charge is 0.309 e. The van der Waals surface area contributed by atoms with Crippen LogP contribution in [-0.4, -0.2) is 45.7 Å². The van der Waals surface area contributed by atoms with Crippen molar-refractivity contribution in [2.45, 2.75) is 26.2 Å². The van der Waals surface area contributed by atoms with E-state index in [4.69, 9.17) is 9.47 Å². The van der Waals surface area contributed by atoms with Crippen molar-refractivity contribution in [1.82, 2.24) is 5.32 Å². The van der Waals surface area contributed by atoms with Gasteiger partial charge in [-0.3, -0.25) is 14.4 Å². The first kappa shape index (κ1) is 21.5. The largest absolute Gasteiger partial charge is 0.497 e. The van der Waals surface area contributed by atoms with Crippen molar-refractivity contribution in [2.24, 2.45) is 11.8 Å². The molecule has 0 aliphatic rings. The van der Waals surface area contributed by atoms with Gasteiger partial charge in [-0.1, -0.05) is 6.92 Å². The minimum Gasteiger partial charge on any atom is -0.497 e. The maximum absolute atomic E-state index is 12.1. The van der Waals surface area contributed by atoms with Gasteiger partial charge in [0.15, 0.2) is 0 Å². The van der Waals surface area contributed by atoms with Crippen LogP contribution in [0.15, 0.2) is 24.3 Å². The highest BCUT2D eigenvalue weighted by Crippen LogP contribution is 2.22. The third-order valence-corrected chi connectivity index (χ3v) is 4.28. The number of hydrogen-bond donors (Lipinski definition) is 1. The fourth-order valence-corrected chi connectivity index (χ4v) is 2.60. The van der Waals surface area contributed by atoms with Crippen molar-refractivity contribution < 1.29 is 28.6 Å². The van der Waals surface area contributed by atoms with E-state index in [1.165, 1.54) is 14.2 Å². The second kappa shape index (κ2) is 11.1. The van der Waals surface area contributed by atoms with Crippen LogP contribution < -0.4 is 10.1 Å². The summed E-state index contributed by atoms with van der Waals surface area (Å²) in [6.07, 6.45) is 1.33. The van der Waals surface area contributed by atoms with E-state index in [1.807, 2.05) is 6.92 Å². The Bertz CT molecular complexity index is 599. The first-order valence-corrected chi connectivity index (χ1v) is 8.49. The standard InChI is InChI=1S/C19H27NO6/c1-13(16(19(23)26-4)12-17(21)25-3)6-5-11-20-18(22)14-7-9-15(24-2)10-8-14/h7-10,13,16H,5-6,11-12H2,1-4H3,(H,20,22). The number of methoxy groups -OCH3 is 3. The van der Waals surface area contributed by atoms with Crippen LogP contribution in [0.2, 0.25) is 0 Å². The quantitative estimate of drug-likeness (QED) is 0.505. The van der Waals surface area contributed by atoms with E-state index in [0.29, 0.717) is 30.7 Å². The minimum absolute atomic E-state index is 0.0114. The number of ether oxygens (including phenoxy) is 3. The van der Waals surface area contributed by atoms with Crippen LogP contribution in [0.3, 0.4) is 0 Å². The summed E-state index contributed by atoms with van der Waals surface area (Å²) < 4.78 is 14.5. The van der Waals surface area contributed by atoms with E-state index in [9.17, 15) is 14.4 Å². The molecule has 1 N–H and O–H groups in total. The molecule has 1 aromatic carbocycles. The molecule has 26 heavy (non-hydrogen) atoms. The van der Waals surface area contributed by atoms with Gasteiger partial charge in [-0.25, -0.2) is 0 Å². The average Bonchev–Trinajstić information content (AvgIpc) is 2.68. The molecule has 1 rings (SSSR count). The molecule has 1 amide bonds. The summed E-state index contributed by atoms with van der Waals surface area (Å²) in [5.74, 6) is -0.969. The lowest BCUT2D eigenvalue weighted by molar-refractivity contribution is -0.154. The molecule has 7 heteroatoms. The van der Waals surface area contributed by atoms with E-state index >= 15 is 0 Å². The number of nitrogens with one attached hydrogen (secondary N) is 1. The number of carbonyl (C=O) groups is 3. The lowest BCUT2D eigenvalue weighted by Gasteiger charge is -2.20. The highest BCUT2D eigenvalue weighted by atomic mass is 16.5. The van der Waals surface area contributed by atoms with E-state index in [0.717, 1.165) is 0 Å². The number of carbonyl (C=O) groups excluding carboxylic acids is 3. The van der Waals surface area contributed by atoms with Gasteiger partial charge in [-0.05, 0) is 43.0 Å². The monoisotopic (exact) mass is 365 g/mol. The van der Waals surface area contributed by atoms with Crippen LogP contribution in [0.5, 0.6) is 5.75 Å². The SMILES string of the molecule is COC(=O)CC(C(=O)OC)C(C)CCCNC(=O)c1ccc(OC)cc1. The van der Waals surface area contributed by atoms with Gasteiger partial charge in [-0.2, -0.15) is 0 Å². The van der Waals surface area contributed by atoms with Gasteiger partial charge in [0.05, 0.1) is 33.7 Å². The van der Waals surface area contributed by atoms with Crippen molar-refractivity contribution >= 4 is 17.8 Å². The topological polar surface area (TPSA) is 90.9 Å². The molecular formula is C19H27NO6. The van der Waals surface area contributed by atoms with Gasteiger partial charge in [-0.15, -0.1) is 0 Å². The Morgan fingerprint density at radius 1 is 1.04 bits per heavy atom. The zero-order valence-corrected chi connectivity index (χ0v) is 15.7. The van der Waals surface area contributed by atoms with Crippen LogP contribution >= 0.6 is 0 Å². The van der Waals surface area contributed by atoms with Crippen molar-refractivity contribution in [2.75, 3.05) is 27.9 Å². The number of benzene rings is 1. The maximum atomic E-state index is 12.1. The molecule has 1 aromatic rings. The van der Waals surface area contributed by atoms with Gasteiger partial charge < -0.3 is 19.5 Å². The molecule has 0 bridgehead atoms. The lowest BCUT2D eigenvalue weighted by atomic mass is 9.87. The summed E-state index contributed by atoms with van der Waals surface area (Å²) in [6.45, 7) is 2.36. The molecule has 0 aliphatic carbocycles. The molecule has 0 fully saturated rings. The lowest BCUT2D eigenvalue weighted by Crippen LogP contribution is -2.28. The van der Waals surface area contributed by atoms with E-state index in [1.54, 1.807) is 31.4 Å². The Labute approximate surface area is 154 Å². The highest BCUT2D eigenvalue weighted by molar-refractivity contribution is 5.94. The fourth-order valence-electron chi connectivity index (χ4n) is 2.60. The average molecular weight is 365 g/mol. The number of rotatable bonds is 10. The molecule has 0 saturated heterocycles. The van der Waals surface area contributed by atoms with Gasteiger partial charge in [0.25, 0.3) is 5.91 Å². The molecule has 144 valence electrons. The highest BCUT2D eigenvalue weighted by Gasteiger charge is 2.28. The Morgan fingerprint density at radius 2 is 1.69 bits per heavy atom. The van der Waals surface area contributed by atoms with Crippen molar-refractivity contribution in [3.05, 3.63) is 29.8 Å². The van der Waals surface area contributed by atoms with Crippen LogP contribution in [0.1, 0.15) is 36.5 Å². The third kappa shape index (κ3) is 6.74. The third-order valence-electron chi connectivity index (χ3n) is 4.28. The summed E-state index contributed by atoms with van der Waals surface area (Å²) in [5, 5.41) is 2.84. The van der Waals surface area contributed by atoms with Crippen molar-refractivity contribution in [3.8, 4) is 5.75 Å². The van der Waals surface area contributed by atoms with Crippen LogP contribution in [-0.2, 0) is 19.1 Å². The van der Waals surface area contributed by atoms with Gasteiger partial charge >= 0.3 is 11.9 Å². The second-order valence-electron chi connectivity index (χ2n) is 6.01. The van der Waals surface area contributed by atoms with E-state index < -0.39 is 17.9 Å². The van der Waals surface area contributed by atoms with Gasteiger partial charge in [0.1, 0.15) is 5.75 Å². The van der Waals surface area contributed by atoms with Crippen molar-refractivity contribution in [3.63, 3.8) is 0 Å². The van der Waals surface area contributed by atoms with Crippen LogP contribution in [0.25, 0.3) is 0 Å². The Hall–Kier alpha value is -2.57. The zero-order chi connectivity index (χ0) is 19.5. The second-order valence-corrected chi connectivity index (χ2v) is 6.01. The molecule has 7 nitrogen and oxygen atoms in total. The van der Waals surface area contributed by atoms with Crippen molar-refractivity contribution in [1.29, 1.82) is 0 Å². The molecule has 0 spiro atoms. The first-order valence-electron chi connectivity index (χ1n) is 8.49. The van der Waals surface area contributed by atoms with Gasteiger partial charge in [0, 0.05) is 12.1 Å². The summed E-state index contributed by atoms with van der Waals surface area (Å²) in [7, 11) is 4.16. The molecule has 0 heterocycles. The predicted octanol–water partition coefficient (Wildman–Crippen LogP) is 2.19. The number of amides is 1. The molecule has 0 saturated carbocycles. The van der Waals surface area contributed by atoms with E-state index in [-0.39, 0.29) is 18.2 Å². The minimum atomic E-state index is -0.551. The summed E-state index contributed by atoms with van der Waals surface area (Å²) in [4.78, 5) is 35.4. The molecule has 0 aliphatic heterocycles. The Kier molecular flexibility index (Phi) is 9.19. The fraction of sp³-hybridized carbons (Fsp3) is 0.526.